The van der Waals surface area contributed by atoms with Crippen LogP contribution in [0, 0.1) is 10.1 Å². The Hall–Kier alpha value is -2.08. The number of nitrogens with two attached hydrogens (primary N) is 1. The van der Waals surface area contributed by atoms with Crippen LogP contribution < -0.4 is 16.4 Å². The molecule has 4 aliphatic rings. The van der Waals surface area contributed by atoms with Gasteiger partial charge in [0.15, 0.2) is 32.9 Å². The molecule has 0 spiro atoms. The quantitative estimate of drug-likeness (QED) is 0.0466. The number of nitrogen functional groups attached to an aromatic ring is 1. The van der Waals surface area contributed by atoms with Crippen LogP contribution in [0.2, 0.25) is 10.3 Å². The third-order valence-electron chi connectivity index (χ3n) is 8.59. The summed E-state index contributed by atoms with van der Waals surface area (Å²) in [6.07, 6.45) is -8.84. The van der Waals surface area contributed by atoms with Gasteiger partial charge in [0.05, 0.1) is 55.6 Å². The molecule has 0 unspecified atom stereocenters. The number of halogens is 2. The number of hydrogen-bond acceptors (Lipinski definition) is 19. The number of nitrogens with zero attached hydrogens (tertiary/aromatic N) is 5. The average Bonchev–Trinajstić information content (AvgIpc) is 3.89. The Morgan fingerprint density at radius 3 is 1.75 bits per heavy atom. The standard InChI is InChI=1S/C17H25ClN4O6S.C17H27ClN4O4S/c1-4-7-29-16-20-14(18)11(22(24)25)15(21-16)19-9-8-10(26-6-5-23)13-12(9)27-17(2,3)28-13;1-4-7-27-16-21-14(18)11(19)15(22-16)20-9-8-10(24-6-5-23)13-12(9)25-17(2,3)26-13/h9-10,12-13,23H,4-8H2,1-3H3,(H,19,20,21);9-10,12-13,23H,4-8,19H2,1-3H3,(H,20,21,22)/t2*9-,10+,12+,13-/m11/s1/i2*1D3,4D2,7D2. The van der Waals surface area contributed by atoms with E-state index in [1.165, 1.54) is 0 Å². The number of rotatable bonds is 17. The van der Waals surface area contributed by atoms with Gasteiger partial charge >= 0.3 is 5.69 Å². The normalized spacial score (nSPS) is 33.6. The van der Waals surface area contributed by atoms with Crippen molar-refractivity contribution in [1.29, 1.82) is 0 Å². The van der Waals surface area contributed by atoms with Gasteiger partial charge in [0.1, 0.15) is 30.1 Å². The van der Waals surface area contributed by atoms with Gasteiger partial charge in [0.2, 0.25) is 11.0 Å². The monoisotopic (exact) mass is 880 g/mol. The molecule has 18 nitrogen and oxygen atoms in total. The van der Waals surface area contributed by atoms with E-state index in [0.717, 1.165) is 0 Å². The van der Waals surface area contributed by atoms with Crippen molar-refractivity contribution in [1.82, 2.24) is 19.9 Å². The van der Waals surface area contributed by atoms with Crippen molar-refractivity contribution in [2.75, 3.05) is 54.2 Å². The molecule has 4 fully saturated rings. The maximum absolute atomic E-state index is 11.7. The van der Waals surface area contributed by atoms with E-state index in [1.54, 1.807) is 27.7 Å². The van der Waals surface area contributed by atoms with E-state index in [9.17, 15) is 10.1 Å². The fourth-order valence-electron chi connectivity index (χ4n) is 6.67. The van der Waals surface area contributed by atoms with Crippen LogP contribution >= 0.6 is 46.7 Å². The summed E-state index contributed by atoms with van der Waals surface area (Å²) in [7, 11) is 0. The van der Waals surface area contributed by atoms with Gasteiger partial charge in [-0.15, -0.1) is 0 Å². The zero-order valence-electron chi connectivity index (χ0n) is 44.4. The Labute approximate surface area is 364 Å². The fraction of sp³-hybridized carbons (Fsp3) is 0.765. The topological polar surface area (TPSA) is 241 Å². The highest BCUT2D eigenvalue weighted by atomic mass is 35.5. The molecule has 2 aliphatic carbocycles. The summed E-state index contributed by atoms with van der Waals surface area (Å²) in [5.74, 6) is -2.20. The zero-order chi connectivity index (χ0) is 53.0. The lowest BCUT2D eigenvalue weighted by molar-refractivity contribution is -0.384. The second-order valence-corrected chi connectivity index (χ2v) is 15.6. The third-order valence-corrected chi connectivity index (χ3v) is 10.3. The number of nitrogens with one attached hydrogen (secondary N) is 2. The number of thioether (sulfide) groups is 2. The molecular weight excluding hydrogens is 815 g/mol. The van der Waals surface area contributed by atoms with Crippen LogP contribution in [-0.4, -0.2) is 133 Å². The Morgan fingerprint density at radius 2 is 1.29 bits per heavy atom. The molecule has 6 rings (SSSR count). The molecular formula is C34H52Cl2N8O10S2. The van der Waals surface area contributed by atoms with E-state index in [2.05, 4.69) is 30.6 Å². The molecule has 8 atom stereocenters. The number of aromatic nitrogens is 4. The van der Waals surface area contributed by atoms with Gasteiger partial charge in [-0.05, 0) is 53.3 Å². The Kier molecular flexibility index (Phi) is 10.3. The number of ether oxygens (including phenoxy) is 6. The van der Waals surface area contributed by atoms with Crippen LogP contribution in [0.25, 0.3) is 0 Å². The summed E-state index contributed by atoms with van der Waals surface area (Å²) in [5.41, 5.74) is -0.676. The number of hydrogen-bond donors (Lipinski definition) is 5. The molecule has 6 N–H and O–H groups in total. The van der Waals surface area contributed by atoms with Crippen LogP contribution in [0.4, 0.5) is 23.0 Å². The van der Waals surface area contributed by atoms with Crippen molar-refractivity contribution < 1.29 is 62.7 Å². The molecule has 0 radical (unpaired) electrons. The first-order valence-electron chi connectivity index (χ1n) is 24.0. The maximum Gasteiger partial charge on any atom is 0.348 e. The maximum atomic E-state index is 11.7. The first-order chi connectivity index (χ1) is 31.9. The molecule has 0 aromatic carbocycles. The largest absolute Gasteiger partial charge is 0.394 e. The number of aliphatic hydroxyl groups is 2. The summed E-state index contributed by atoms with van der Waals surface area (Å²) in [4.78, 5) is 26.6. The van der Waals surface area contributed by atoms with Gasteiger partial charge in [-0.3, -0.25) is 10.1 Å². The van der Waals surface area contributed by atoms with Crippen molar-refractivity contribution in [3.63, 3.8) is 0 Å². The van der Waals surface area contributed by atoms with Gasteiger partial charge < -0.3 is 55.0 Å². The average molecular weight is 882 g/mol. The molecule has 314 valence electrons. The molecule has 22 heteroatoms. The number of nitro groups is 1. The first kappa shape index (κ1) is 29.2. The number of aliphatic hydroxyl groups excluding tert-OH is 2. The first-order valence-corrected chi connectivity index (χ1v) is 19.4. The second kappa shape index (κ2) is 19.8. The Balaban J connectivity index is 0.000000261. The van der Waals surface area contributed by atoms with Crippen LogP contribution in [0.5, 0.6) is 0 Å². The summed E-state index contributed by atoms with van der Waals surface area (Å²) >= 11 is 12.4. The van der Waals surface area contributed by atoms with Crippen molar-refractivity contribution in [3.8, 4) is 0 Å². The van der Waals surface area contributed by atoms with E-state index in [-0.39, 0.29) is 84.3 Å². The van der Waals surface area contributed by atoms with E-state index < -0.39 is 119 Å². The molecule has 2 aromatic heterocycles. The number of fused-ring (bicyclic) bond motifs is 2. The minimum absolute atomic E-state index is 0.0279. The van der Waals surface area contributed by atoms with Crippen LogP contribution in [0.1, 0.15) is 86.2 Å². The minimum atomic E-state index is -3.32. The lowest BCUT2D eigenvalue weighted by atomic mass is 10.2. The van der Waals surface area contributed by atoms with Gasteiger partial charge in [-0.1, -0.05) is 60.4 Å². The molecule has 0 amide bonds. The van der Waals surface area contributed by atoms with Crippen LogP contribution in [0.3, 0.4) is 0 Å². The molecule has 4 heterocycles. The van der Waals surface area contributed by atoms with Gasteiger partial charge in [0, 0.05) is 30.6 Å². The van der Waals surface area contributed by atoms with Crippen molar-refractivity contribution >= 4 is 69.7 Å². The molecule has 0 bridgehead atoms. The number of anilines is 3. The van der Waals surface area contributed by atoms with Crippen LogP contribution in [-0.2, 0) is 28.4 Å². The van der Waals surface area contributed by atoms with Crippen molar-refractivity contribution in [2.24, 2.45) is 0 Å². The fourth-order valence-corrected chi connectivity index (χ4v) is 8.01. The van der Waals surface area contributed by atoms with Crippen LogP contribution in [0.15, 0.2) is 10.3 Å². The lowest BCUT2D eigenvalue weighted by Crippen LogP contribution is -2.35. The predicted octanol–water partition coefficient (Wildman–Crippen LogP) is 4.92. The van der Waals surface area contributed by atoms with E-state index in [0.29, 0.717) is 6.42 Å². The summed E-state index contributed by atoms with van der Waals surface area (Å²) < 4.78 is 142. The molecule has 2 saturated heterocycles. The van der Waals surface area contributed by atoms with E-state index in [1.807, 2.05) is 0 Å². The Morgan fingerprint density at radius 1 is 0.839 bits per heavy atom. The van der Waals surface area contributed by atoms with Gasteiger partial charge in [-0.2, -0.15) is 4.98 Å². The highest BCUT2D eigenvalue weighted by Crippen LogP contribution is 2.43. The lowest BCUT2D eigenvalue weighted by Gasteiger charge is -2.24. The van der Waals surface area contributed by atoms with Gasteiger partial charge in [-0.25, -0.2) is 15.0 Å². The predicted molar refractivity (Wildman–Crippen MR) is 213 cm³/mol. The van der Waals surface area contributed by atoms with Gasteiger partial charge in [0.25, 0.3) is 0 Å². The molecule has 56 heavy (non-hydrogen) atoms. The zero-order valence-corrected chi connectivity index (χ0v) is 33.6. The summed E-state index contributed by atoms with van der Waals surface area (Å²) in [6, 6.07) is -1.05. The molecule has 2 aromatic rings. The van der Waals surface area contributed by atoms with Crippen molar-refractivity contribution in [2.45, 2.75) is 138 Å². The second-order valence-electron chi connectivity index (χ2n) is 13.3. The summed E-state index contributed by atoms with van der Waals surface area (Å²) in [5, 5.41) is 34.3. The van der Waals surface area contributed by atoms with Crippen molar-refractivity contribution in [3.05, 3.63) is 20.4 Å². The molecule has 2 saturated carbocycles. The third kappa shape index (κ3) is 11.1. The summed E-state index contributed by atoms with van der Waals surface area (Å²) in [6.45, 7) is 0.122. The molecule has 2 aliphatic heterocycles. The minimum Gasteiger partial charge on any atom is -0.394 e. The Bertz CT molecular complexity index is 2220. The highest BCUT2D eigenvalue weighted by molar-refractivity contribution is 7.99. The smallest absolute Gasteiger partial charge is 0.348 e. The van der Waals surface area contributed by atoms with E-state index >= 15 is 0 Å². The highest BCUT2D eigenvalue weighted by Gasteiger charge is 2.56. The SMILES string of the molecule is [2H]C([2H])([2H])C([2H])([2H])C([2H])([2H])Sc1nc(Cl)c(N)c(N[C@@H]2C[C@H](OCCO)[C@H]3OC(C)(C)O[C@H]32)n1.[2H]C([2H])([2H])C([2H])([2H])C([2H])([2H])Sc1nc(Cl)c([N+](=O)[O-])c(N[C@@H]2C[C@H](OCCO)[C@H]3OC(C)(C)O[C@H]32)n1. The van der Waals surface area contributed by atoms with E-state index in [4.69, 9.17) is 86.8 Å².